The zero-order valence-electron chi connectivity index (χ0n) is 22.4. The van der Waals surface area contributed by atoms with Gasteiger partial charge in [-0.2, -0.15) is 0 Å². The fourth-order valence-corrected chi connectivity index (χ4v) is 7.01. The van der Waals surface area contributed by atoms with Gasteiger partial charge in [0.2, 0.25) is 5.91 Å². The van der Waals surface area contributed by atoms with Crippen LogP contribution in [-0.2, 0) is 20.7 Å². The maximum Gasteiger partial charge on any atom is 0.303 e. The highest BCUT2D eigenvalue weighted by atomic mass is 16.5. The lowest BCUT2D eigenvalue weighted by molar-refractivity contribution is -0.158. The second-order valence-electron chi connectivity index (χ2n) is 11.8. The number of hydrogen-bond donors (Lipinski definition) is 4. The summed E-state index contributed by atoms with van der Waals surface area (Å²) in [4.78, 5) is 26.6. The van der Waals surface area contributed by atoms with E-state index in [4.69, 9.17) is 4.74 Å². The molecule has 1 heterocycles. The van der Waals surface area contributed by atoms with Gasteiger partial charge in [-0.3, -0.25) is 9.59 Å². The van der Waals surface area contributed by atoms with Crippen LogP contribution in [0.4, 0.5) is 0 Å². The number of benzene rings is 1. The molecule has 0 saturated carbocycles. The summed E-state index contributed by atoms with van der Waals surface area (Å²) in [5.74, 6) is -1.66. The summed E-state index contributed by atoms with van der Waals surface area (Å²) in [7, 11) is 0. The van der Waals surface area contributed by atoms with Crippen LogP contribution in [0.2, 0.25) is 0 Å². The number of hydrogen-bond acceptors (Lipinski definition) is 6. The lowest BCUT2D eigenvalue weighted by atomic mass is 9.53. The Hall–Kier alpha value is -2.48. The van der Waals surface area contributed by atoms with Gasteiger partial charge in [-0.05, 0) is 61.2 Å². The third-order valence-electron chi connectivity index (χ3n) is 8.79. The van der Waals surface area contributed by atoms with Crippen molar-refractivity contribution in [3.05, 3.63) is 59.7 Å². The molecule has 0 radical (unpaired) electrons. The zero-order chi connectivity index (χ0) is 27.1. The number of esters is 1. The summed E-state index contributed by atoms with van der Waals surface area (Å²) in [5.41, 5.74) is -1.61. The normalized spacial score (nSPS) is 42.1. The highest BCUT2D eigenvalue weighted by Crippen LogP contribution is 2.58. The summed E-state index contributed by atoms with van der Waals surface area (Å²) >= 11 is 0. The highest BCUT2D eigenvalue weighted by molar-refractivity contribution is 5.91. The van der Waals surface area contributed by atoms with Gasteiger partial charge < -0.3 is 25.4 Å². The molecule has 3 aliphatic rings. The van der Waals surface area contributed by atoms with Crippen LogP contribution in [0.25, 0.3) is 0 Å². The maximum absolute atomic E-state index is 14.2. The van der Waals surface area contributed by atoms with Gasteiger partial charge >= 0.3 is 5.97 Å². The number of carbonyl (C=O) groups is 2. The van der Waals surface area contributed by atoms with Crippen molar-refractivity contribution in [1.82, 2.24) is 5.32 Å². The molecule has 1 saturated heterocycles. The van der Waals surface area contributed by atoms with E-state index in [0.717, 1.165) is 12.0 Å². The van der Waals surface area contributed by atoms with Crippen LogP contribution < -0.4 is 5.32 Å². The van der Waals surface area contributed by atoms with Crippen LogP contribution in [0.1, 0.15) is 53.0 Å². The van der Waals surface area contributed by atoms with E-state index < -0.39 is 53.2 Å². The second-order valence-corrected chi connectivity index (χ2v) is 11.8. The van der Waals surface area contributed by atoms with Crippen molar-refractivity contribution in [2.24, 2.45) is 29.1 Å². The average Bonchev–Trinajstić information content (AvgIpc) is 3.10. The van der Waals surface area contributed by atoms with Gasteiger partial charge in [-0.1, -0.05) is 63.3 Å². The van der Waals surface area contributed by atoms with Gasteiger partial charge in [0.1, 0.15) is 17.6 Å². The Kier molecular flexibility index (Phi) is 7.71. The van der Waals surface area contributed by atoms with Crippen LogP contribution in [0, 0.1) is 29.1 Å². The van der Waals surface area contributed by atoms with Crippen LogP contribution in [-0.4, -0.2) is 57.2 Å². The third-order valence-corrected chi connectivity index (χ3v) is 8.79. The summed E-state index contributed by atoms with van der Waals surface area (Å²) in [6.45, 7) is 8.94. The summed E-state index contributed by atoms with van der Waals surface area (Å²) in [6, 6.07) is 9.39. The van der Waals surface area contributed by atoms with Crippen molar-refractivity contribution in [2.45, 2.75) is 83.8 Å². The molecule has 37 heavy (non-hydrogen) atoms. The Morgan fingerprint density at radius 1 is 1.11 bits per heavy atom. The number of aliphatic hydroxyl groups is 3. The van der Waals surface area contributed by atoms with Crippen molar-refractivity contribution in [1.29, 1.82) is 0 Å². The maximum atomic E-state index is 14.2. The molecule has 0 aromatic heterocycles. The van der Waals surface area contributed by atoms with Gasteiger partial charge in [0.25, 0.3) is 0 Å². The van der Waals surface area contributed by atoms with E-state index in [1.165, 1.54) is 13.0 Å². The predicted octanol–water partition coefficient (Wildman–Crippen LogP) is 2.93. The molecule has 0 bridgehead atoms. The van der Waals surface area contributed by atoms with Crippen molar-refractivity contribution < 1.29 is 29.6 Å². The van der Waals surface area contributed by atoms with Crippen LogP contribution in [0.3, 0.4) is 0 Å². The first kappa shape index (κ1) is 27.6. The van der Waals surface area contributed by atoms with Crippen molar-refractivity contribution in [3.8, 4) is 0 Å². The molecule has 7 heteroatoms. The van der Waals surface area contributed by atoms with Crippen LogP contribution in [0.5, 0.6) is 0 Å². The van der Waals surface area contributed by atoms with Gasteiger partial charge in [0, 0.05) is 18.9 Å². The Morgan fingerprint density at radius 2 is 1.78 bits per heavy atom. The van der Waals surface area contributed by atoms with E-state index in [0.29, 0.717) is 12.8 Å². The molecule has 1 aromatic rings. The Morgan fingerprint density at radius 3 is 2.43 bits per heavy atom. The van der Waals surface area contributed by atoms with Crippen LogP contribution in [0.15, 0.2) is 54.1 Å². The minimum absolute atomic E-state index is 0.103. The van der Waals surface area contributed by atoms with E-state index in [2.05, 4.69) is 5.32 Å². The van der Waals surface area contributed by atoms with Gasteiger partial charge in [0.15, 0.2) is 0 Å². The molecule has 4 rings (SSSR count). The molecule has 202 valence electrons. The Bertz CT molecular complexity index is 1070. The molecule has 1 fully saturated rings. The lowest BCUT2D eigenvalue weighted by Gasteiger charge is -2.51. The van der Waals surface area contributed by atoms with E-state index in [1.807, 2.05) is 57.2 Å². The standard InChI is InChI=1S/C30H41NO6/c1-17-11-12-25(37-20(4)32)30-22(27(34)24(33)14-18(2)13-17)16-29(5,36)19(3)26(30)23(31-28(30)35)15-21-9-7-6-8-10-21/h6-12,16-19,23-27,33-34,36H,13-15H2,1-5H3,(H,31,35)/t17-,18+,19+,23+,24?,25?,26+,27-,29+,30-/m1/s1. The van der Waals surface area contributed by atoms with Gasteiger partial charge in [-0.25, -0.2) is 0 Å². The van der Waals surface area contributed by atoms with E-state index >= 15 is 0 Å². The number of allylic oxidation sites excluding steroid dienone is 1. The molecule has 1 amide bonds. The van der Waals surface area contributed by atoms with Crippen molar-refractivity contribution >= 4 is 11.9 Å². The van der Waals surface area contributed by atoms with Crippen LogP contribution >= 0.6 is 0 Å². The SMILES string of the molecule is CC(=O)OC1C=C[C@@H](C)C[C@H](C)CC(O)[C@H](O)C2=C[C@](C)(O)[C@@H](C)[C@H]3[C@H](Cc4ccccc4)NC(=O)[C@]213. The molecule has 10 atom stereocenters. The summed E-state index contributed by atoms with van der Waals surface area (Å²) in [5, 5.41) is 37.5. The minimum atomic E-state index is -1.49. The Balaban J connectivity index is 1.96. The number of ether oxygens (including phenoxy) is 1. The van der Waals surface area contributed by atoms with E-state index in [1.54, 1.807) is 13.0 Å². The van der Waals surface area contributed by atoms with E-state index in [-0.39, 0.29) is 23.3 Å². The largest absolute Gasteiger partial charge is 0.457 e. The summed E-state index contributed by atoms with van der Waals surface area (Å²) in [6.07, 6.45) is 3.31. The molecular formula is C30H41NO6. The molecule has 1 aromatic carbocycles. The predicted molar refractivity (Wildman–Crippen MR) is 140 cm³/mol. The fraction of sp³-hybridized carbons (Fsp3) is 0.600. The first-order chi connectivity index (χ1) is 17.4. The van der Waals surface area contributed by atoms with Crippen molar-refractivity contribution in [3.63, 3.8) is 0 Å². The highest BCUT2D eigenvalue weighted by Gasteiger charge is 2.68. The fourth-order valence-electron chi connectivity index (χ4n) is 7.01. The molecule has 1 aliphatic heterocycles. The van der Waals surface area contributed by atoms with Gasteiger partial charge in [-0.15, -0.1) is 0 Å². The smallest absolute Gasteiger partial charge is 0.303 e. The first-order valence-electron chi connectivity index (χ1n) is 13.4. The van der Waals surface area contributed by atoms with E-state index in [9.17, 15) is 24.9 Å². The molecule has 1 spiro atoms. The quantitative estimate of drug-likeness (QED) is 0.366. The number of carbonyl (C=O) groups excluding carboxylic acids is 2. The molecular weight excluding hydrogens is 470 g/mol. The molecule has 4 N–H and O–H groups in total. The molecule has 2 aliphatic carbocycles. The lowest BCUT2D eigenvalue weighted by Crippen LogP contribution is -2.60. The zero-order valence-corrected chi connectivity index (χ0v) is 22.4. The Labute approximate surface area is 219 Å². The third kappa shape index (κ3) is 5.01. The number of nitrogens with one attached hydrogen (secondary N) is 1. The monoisotopic (exact) mass is 511 g/mol. The average molecular weight is 512 g/mol. The topological polar surface area (TPSA) is 116 Å². The second kappa shape index (κ2) is 10.4. The number of amides is 1. The van der Waals surface area contributed by atoms with Gasteiger partial charge in [0.05, 0.1) is 11.7 Å². The number of rotatable bonds is 3. The molecule has 2 unspecified atom stereocenters. The molecule has 7 nitrogen and oxygen atoms in total. The summed E-state index contributed by atoms with van der Waals surface area (Å²) < 4.78 is 5.88. The minimum Gasteiger partial charge on any atom is -0.457 e. The first-order valence-corrected chi connectivity index (χ1v) is 13.4. The van der Waals surface area contributed by atoms with Crippen molar-refractivity contribution in [2.75, 3.05) is 0 Å². The number of aliphatic hydroxyl groups excluding tert-OH is 2.